The first-order valence-corrected chi connectivity index (χ1v) is 7.24. The van der Waals surface area contributed by atoms with Crippen LogP contribution in [0.25, 0.3) is 0 Å². The van der Waals surface area contributed by atoms with E-state index in [1.807, 2.05) is 30.3 Å². The van der Waals surface area contributed by atoms with Crippen LogP contribution in [0.2, 0.25) is 0 Å². The van der Waals surface area contributed by atoms with Crippen molar-refractivity contribution in [2.24, 2.45) is 0 Å². The lowest BCUT2D eigenvalue weighted by atomic mass is 10.2. The molecule has 5 heteroatoms. The summed E-state index contributed by atoms with van der Waals surface area (Å²) in [7, 11) is 1.64. The minimum absolute atomic E-state index is 0.169. The van der Waals surface area contributed by atoms with Gasteiger partial charge in [-0.05, 0) is 30.3 Å². The van der Waals surface area contributed by atoms with Crippen LogP contribution in [0.15, 0.2) is 36.0 Å². The molecule has 2 aliphatic rings. The second-order valence-electron chi connectivity index (χ2n) is 5.28. The highest BCUT2D eigenvalue weighted by Gasteiger charge is 2.29. The molecular formula is C16H20N2O3. The van der Waals surface area contributed by atoms with Gasteiger partial charge in [0.1, 0.15) is 5.75 Å². The monoisotopic (exact) mass is 288 g/mol. The summed E-state index contributed by atoms with van der Waals surface area (Å²) in [6.45, 7) is 3.29. The molecule has 1 aliphatic heterocycles. The maximum atomic E-state index is 12.1. The van der Waals surface area contributed by atoms with E-state index in [0.29, 0.717) is 12.1 Å². The normalized spacial score (nSPS) is 23.0. The van der Waals surface area contributed by atoms with Crippen LogP contribution in [0.3, 0.4) is 0 Å². The first-order chi connectivity index (χ1) is 10.3. The number of carbonyl (C=O) groups is 1. The second kappa shape index (κ2) is 6.28. The van der Waals surface area contributed by atoms with Crippen molar-refractivity contribution < 1.29 is 14.3 Å². The third-order valence-corrected chi connectivity index (χ3v) is 3.94. The number of rotatable bonds is 4. The van der Waals surface area contributed by atoms with Gasteiger partial charge in [0.15, 0.2) is 5.78 Å². The lowest BCUT2D eigenvalue weighted by Gasteiger charge is -2.30. The lowest BCUT2D eigenvalue weighted by Crippen LogP contribution is -2.42. The fourth-order valence-corrected chi connectivity index (χ4v) is 2.73. The van der Waals surface area contributed by atoms with Gasteiger partial charge in [0.2, 0.25) is 0 Å². The molecule has 0 amide bonds. The van der Waals surface area contributed by atoms with Crippen molar-refractivity contribution in [3.8, 4) is 5.75 Å². The predicted octanol–water partition coefficient (Wildman–Crippen LogP) is 1.66. The smallest absolute Gasteiger partial charge is 0.180 e. The van der Waals surface area contributed by atoms with Crippen LogP contribution in [0.4, 0.5) is 5.69 Å². The minimum atomic E-state index is 0.169. The molecule has 0 bridgehead atoms. The Kier molecular flexibility index (Phi) is 4.22. The molecule has 1 atom stereocenters. The van der Waals surface area contributed by atoms with Crippen molar-refractivity contribution in [1.82, 2.24) is 4.90 Å². The quantitative estimate of drug-likeness (QED) is 0.913. The van der Waals surface area contributed by atoms with Crippen molar-refractivity contribution in [2.45, 2.75) is 12.5 Å². The first-order valence-electron chi connectivity index (χ1n) is 7.24. The summed E-state index contributed by atoms with van der Waals surface area (Å²) < 4.78 is 10.5. The number of methoxy groups -OCH3 is 1. The van der Waals surface area contributed by atoms with Gasteiger partial charge in [-0.2, -0.15) is 0 Å². The van der Waals surface area contributed by atoms with Crippen molar-refractivity contribution in [1.29, 1.82) is 0 Å². The molecule has 1 aliphatic carbocycles. The predicted molar refractivity (Wildman–Crippen MR) is 80.5 cm³/mol. The minimum Gasteiger partial charge on any atom is -0.497 e. The molecule has 112 valence electrons. The van der Waals surface area contributed by atoms with Crippen LogP contribution in [-0.2, 0) is 9.53 Å². The molecular weight excluding hydrogens is 268 g/mol. The standard InChI is InChI=1S/C16H20N2O3/c1-20-14-4-2-12(3-5-14)17-15-10-13(11-16(15)19)18-6-8-21-9-7-18/h2-5,10,13,17H,6-9,11H2,1H3. The zero-order valence-corrected chi connectivity index (χ0v) is 12.2. The number of allylic oxidation sites excluding steroid dienone is 1. The third kappa shape index (κ3) is 3.25. The largest absolute Gasteiger partial charge is 0.497 e. The SMILES string of the molecule is COc1ccc(NC2=CC(N3CCOCC3)CC2=O)cc1. The number of hydrogen-bond acceptors (Lipinski definition) is 5. The Bertz CT molecular complexity index is 533. The Morgan fingerprint density at radius 1 is 1.24 bits per heavy atom. The Hall–Kier alpha value is -1.85. The molecule has 1 unspecified atom stereocenters. The van der Waals surface area contributed by atoms with E-state index < -0.39 is 0 Å². The van der Waals surface area contributed by atoms with Gasteiger partial charge < -0.3 is 14.8 Å². The number of anilines is 1. The number of nitrogens with zero attached hydrogens (tertiary/aromatic N) is 1. The number of ether oxygens (including phenoxy) is 2. The molecule has 1 N–H and O–H groups in total. The van der Waals surface area contributed by atoms with Crippen molar-refractivity contribution in [2.75, 3.05) is 38.7 Å². The number of hydrogen-bond donors (Lipinski definition) is 1. The maximum absolute atomic E-state index is 12.1. The molecule has 0 saturated carbocycles. The van der Waals surface area contributed by atoms with Crippen LogP contribution in [0.5, 0.6) is 5.75 Å². The zero-order chi connectivity index (χ0) is 14.7. The highest BCUT2D eigenvalue weighted by molar-refractivity contribution is 6.01. The first kappa shape index (κ1) is 14.1. The summed E-state index contributed by atoms with van der Waals surface area (Å²) in [4.78, 5) is 14.5. The molecule has 3 rings (SSSR count). The Morgan fingerprint density at radius 3 is 2.62 bits per heavy atom. The average Bonchev–Trinajstić information content (AvgIpc) is 2.90. The van der Waals surface area contributed by atoms with Crippen LogP contribution >= 0.6 is 0 Å². The Labute approximate surface area is 124 Å². The number of Topliss-reactive ketones (excluding diaryl/α,β-unsaturated/α-hetero) is 1. The molecule has 1 saturated heterocycles. The van der Waals surface area contributed by atoms with E-state index in [2.05, 4.69) is 10.2 Å². The fraction of sp³-hybridized carbons (Fsp3) is 0.438. The topological polar surface area (TPSA) is 50.8 Å². The van der Waals surface area contributed by atoms with Gasteiger partial charge in [0, 0.05) is 31.2 Å². The molecule has 0 radical (unpaired) electrons. The van der Waals surface area contributed by atoms with E-state index in [0.717, 1.165) is 37.7 Å². The molecule has 5 nitrogen and oxygen atoms in total. The van der Waals surface area contributed by atoms with E-state index in [4.69, 9.17) is 9.47 Å². The van der Waals surface area contributed by atoms with Gasteiger partial charge in [0.05, 0.1) is 26.0 Å². The fourth-order valence-electron chi connectivity index (χ4n) is 2.73. The van der Waals surface area contributed by atoms with E-state index in [1.54, 1.807) is 7.11 Å². The summed E-state index contributed by atoms with van der Waals surface area (Å²) in [6, 6.07) is 7.77. The highest BCUT2D eigenvalue weighted by atomic mass is 16.5. The molecule has 1 heterocycles. The van der Waals surface area contributed by atoms with Crippen LogP contribution < -0.4 is 10.1 Å². The molecule has 1 aromatic rings. The van der Waals surface area contributed by atoms with E-state index in [1.165, 1.54) is 0 Å². The molecule has 21 heavy (non-hydrogen) atoms. The van der Waals surface area contributed by atoms with E-state index in [9.17, 15) is 4.79 Å². The molecule has 1 aromatic carbocycles. The number of benzene rings is 1. The number of nitrogens with one attached hydrogen (secondary N) is 1. The van der Waals surface area contributed by atoms with E-state index >= 15 is 0 Å². The summed E-state index contributed by atoms with van der Waals surface area (Å²) in [5, 5.41) is 3.21. The summed E-state index contributed by atoms with van der Waals surface area (Å²) in [6.07, 6.45) is 2.59. The van der Waals surface area contributed by atoms with Crippen LogP contribution in [0.1, 0.15) is 6.42 Å². The number of carbonyl (C=O) groups excluding carboxylic acids is 1. The van der Waals surface area contributed by atoms with Gasteiger partial charge in [-0.25, -0.2) is 0 Å². The van der Waals surface area contributed by atoms with E-state index in [-0.39, 0.29) is 11.8 Å². The summed E-state index contributed by atoms with van der Waals surface area (Å²) in [5.74, 6) is 0.973. The number of ketones is 1. The lowest BCUT2D eigenvalue weighted by molar-refractivity contribution is -0.115. The second-order valence-corrected chi connectivity index (χ2v) is 5.28. The Balaban J connectivity index is 1.67. The molecule has 0 aromatic heterocycles. The van der Waals surface area contributed by atoms with Gasteiger partial charge >= 0.3 is 0 Å². The summed E-state index contributed by atoms with van der Waals surface area (Å²) in [5.41, 5.74) is 1.59. The average molecular weight is 288 g/mol. The van der Waals surface area contributed by atoms with Gasteiger partial charge in [-0.3, -0.25) is 9.69 Å². The van der Waals surface area contributed by atoms with Gasteiger partial charge in [0.25, 0.3) is 0 Å². The molecule has 1 fully saturated rings. The van der Waals surface area contributed by atoms with Gasteiger partial charge in [-0.1, -0.05) is 0 Å². The van der Waals surface area contributed by atoms with Crippen molar-refractivity contribution >= 4 is 11.5 Å². The molecule has 0 spiro atoms. The van der Waals surface area contributed by atoms with Crippen molar-refractivity contribution in [3.05, 3.63) is 36.0 Å². The zero-order valence-electron chi connectivity index (χ0n) is 12.2. The number of morpholine rings is 1. The van der Waals surface area contributed by atoms with Gasteiger partial charge in [-0.15, -0.1) is 0 Å². The van der Waals surface area contributed by atoms with Crippen LogP contribution in [0, 0.1) is 0 Å². The van der Waals surface area contributed by atoms with Crippen LogP contribution in [-0.4, -0.2) is 50.1 Å². The maximum Gasteiger partial charge on any atom is 0.180 e. The highest BCUT2D eigenvalue weighted by Crippen LogP contribution is 2.23. The summed E-state index contributed by atoms with van der Waals surface area (Å²) >= 11 is 0. The Morgan fingerprint density at radius 2 is 1.95 bits per heavy atom. The third-order valence-electron chi connectivity index (χ3n) is 3.94. The van der Waals surface area contributed by atoms with Crippen molar-refractivity contribution in [3.63, 3.8) is 0 Å².